The summed E-state index contributed by atoms with van der Waals surface area (Å²) in [4.78, 5) is 21.6. The summed E-state index contributed by atoms with van der Waals surface area (Å²) in [6.45, 7) is 0. The first-order valence-corrected chi connectivity index (χ1v) is 6.62. The van der Waals surface area contributed by atoms with Gasteiger partial charge in [-0.3, -0.25) is 9.89 Å². The molecule has 0 bridgehead atoms. The lowest BCUT2D eigenvalue weighted by atomic mass is 10.1. The Morgan fingerprint density at radius 1 is 1.05 bits per heavy atom. The predicted octanol–water partition coefficient (Wildman–Crippen LogP) is 3.24. The van der Waals surface area contributed by atoms with Gasteiger partial charge in [0.25, 0.3) is 0 Å². The second-order valence-corrected chi connectivity index (χ2v) is 4.79. The third-order valence-corrected chi connectivity index (χ3v) is 3.34. The molecule has 108 valence electrons. The molecule has 5 nitrogen and oxygen atoms in total. The fraction of sp³-hybridized carbons (Fsp3) is 0. The first-order chi connectivity index (χ1) is 10.7. The van der Waals surface area contributed by atoms with Gasteiger partial charge in [0.1, 0.15) is 6.29 Å². The lowest BCUT2D eigenvalue weighted by Crippen LogP contribution is -1.94. The largest absolute Gasteiger partial charge is 0.478 e. The number of fused-ring (bicyclic) bond motifs is 1. The number of hydrogen-bond acceptors (Lipinski definition) is 3. The second kappa shape index (κ2) is 5.65. The fourth-order valence-electron chi connectivity index (χ4n) is 2.17. The lowest BCUT2D eigenvalue weighted by molar-refractivity contribution is 0.0696. The van der Waals surface area contributed by atoms with E-state index in [9.17, 15) is 9.59 Å². The molecule has 0 atom stereocenters. The summed E-state index contributed by atoms with van der Waals surface area (Å²) >= 11 is 0. The van der Waals surface area contributed by atoms with E-state index < -0.39 is 5.97 Å². The predicted molar refractivity (Wildman–Crippen MR) is 83.8 cm³/mol. The Morgan fingerprint density at radius 2 is 1.77 bits per heavy atom. The summed E-state index contributed by atoms with van der Waals surface area (Å²) in [7, 11) is 0. The number of aromatic carboxylic acids is 1. The molecule has 3 aromatic rings. The van der Waals surface area contributed by atoms with Gasteiger partial charge in [0, 0.05) is 10.9 Å². The summed E-state index contributed by atoms with van der Waals surface area (Å²) in [5.41, 5.74) is 3.28. The Morgan fingerprint density at radius 3 is 2.45 bits per heavy atom. The van der Waals surface area contributed by atoms with Crippen molar-refractivity contribution in [3.63, 3.8) is 0 Å². The number of rotatable bonds is 4. The van der Waals surface area contributed by atoms with Crippen LogP contribution in [0.25, 0.3) is 23.1 Å². The van der Waals surface area contributed by atoms with E-state index in [-0.39, 0.29) is 5.56 Å². The summed E-state index contributed by atoms with van der Waals surface area (Å²) < 4.78 is 0. The van der Waals surface area contributed by atoms with E-state index >= 15 is 0 Å². The summed E-state index contributed by atoms with van der Waals surface area (Å²) in [6.07, 6.45) is 4.49. The first-order valence-electron chi connectivity index (χ1n) is 6.62. The Bertz CT molecular complexity index is 877. The molecular formula is C17H12N2O3. The third kappa shape index (κ3) is 2.64. The number of benzene rings is 2. The number of carbonyl (C=O) groups is 2. The molecule has 2 aromatic carbocycles. The van der Waals surface area contributed by atoms with E-state index in [2.05, 4.69) is 10.2 Å². The molecule has 0 aliphatic carbocycles. The number of carbonyl (C=O) groups excluding carboxylic acids is 1. The standard InChI is InChI=1S/C17H12N2O3/c20-10-12-3-7-14-15(18-19-16(14)9-12)8-4-11-1-5-13(6-2-11)17(21)22/h1-10H,(H,18,19)(H,21,22)/b8-4+. The summed E-state index contributed by atoms with van der Waals surface area (Å²) in [5, 5.41) is 16.9. The van der Waals surface area contributed by atoms with Crippen LogP contribution in [0.15, 0.2) is 42.5 Å². The van der Waals surface area contributed by atoms with Crippen molar-refractivity contribution >= 4 is 35.3 Å². The van der Waals surface area contributed by atoms with Crippen molar-refractivity contribution in [3.8, 4) is 0 Å². The molecule has 5 heteroatoms. The number of H-pyrrole nitrogens is 1. The zero-order valence-corrected chi connectivity index (χ0v) is 11.5. The van der Waals surface area contributed by atoms with Gasteiger partial charge >= 0.3 is 5.97 Å². The molecule has 0 aliphatic heterocycles. The van der Waals surface area contributed by atoms with Crippen LogP contribution < -0.4 is 0 Å². The van der Waals surface area contributed by atoms with E-state index in [0.29, 0.717) is 5.56 Å². The number of nitrogens with one attached hydrogen (secondary N) is 1. The normalized spacial score (nSPS) is 11.1. The van der Waals surface area contributed by atoms with Gasteiger partial charge in [-0.05, 0) is 35.9 Å². The highest BCUT2D eigenvalue weighted by atomic mass is 16.4. The van der Waals surface area contributed by atoms with Crippen LogP contribution in [0.1, 0.15) is 32.0 Å². The average Bonchev–Trinajstić information content (AvgIpc) is 2.95. The van der Waals surface area contributed by atoms with Crippen molar-refractivity contribution < 1.29 is 14.7 Å². The van der Waals surface area contributed by atoms with E-state index in [1.165, 1.54) is 0 Å². The van der Waals surface area contributed by atoms with Gasteiger partial charge in [0.05, 0.1) is 16.8 Å². The average molecular weight is 292 g/mol. The summed E-state index contributed by atoms with van der Waals surface area (Å²) in [6, 6.07) is 11.9. The van der Waals surface area contributed by atoms with Crippen LogP contribution in [0.5, 0.6) is 0 Å². The molecule has 0 unspecified atom stereocenters. The maximum atomic E-state index is 10.8. The van der Waals surface area contributed by atoms with Crippen LogP contribution >= 0.6 is 0 Å². The second-order valence-electron chi connectivity index (χ2n) is 4.79. The van der Waals surface area contributed by atoms with E-state index in [4.69, 9.17) is 5.11 Å². The van der Waals surface area contributed by atoms with Crippen molar-refractivity contribution in [1.82, 2.24) is 10.2 Å². The maximum Gasteiger partial charge on any atom is 0.335 e. The maximum absolute atomic E-state index is 10.8. The number of nitrogens with zero attached hydrogens (tertiary/aromatic N) is 1. The minimum absolute atomic E-state index is 0.253. The zero-order chi connectivity index (χ0) is 15.5. The minimum atomic E-state index is -0.945. The smallest absolute Gasteiger partial charge is 0.335 e. The van der Waals surface area contributed by atoms with Crippen LogP contribution in [0, 0.1) is 0 Å². The number of carboxylic acid groups (broad SMARTS) is 1. The molecule has 1 aromatic heterocycles. The number of aldehydes is 1. The number of aromatic amines is 1. The SMILES string of the molecule is O=Cc1ccc2c(/C=C/c3ccc(C(=O)O)cc3)n[nH]c2c1. The molecule has 0 radical (unpaired) electrons. The van der Waals surface area contributed by atoms with Crippen molar-refractivity contribution in [2.75, 3.05) is 0 Å². The van der Waals surface area contributed by atoms with Crippen LogP contribution in [-0.4, -0.2) is 27.6 Å². The Kier molecular flexibility index (Phi) is 3.53. The van der Waals surface area contributed by atoms with Gasteiger partial charge in [-0.2, -0.15) is 5.10 Å². The van der Waals surface area contributed by atoms with Crippen molar-refractivity contribution in [2.24, 2.45) is 0 Å². The molecular weight excluding hydrogens is 280 g/mol. The Hall–Kier alpha value is -3.21. The van der Waals surface area contributed by atoms with Crippen LogP contribution in [0.2, 0.25) is 0 Å². The van der Waals surface area contributed by atoms with Gasteiger partial charge < -0.3 is 5.11 Å². The van der Waals surface area contributed by atoms with Gasteiger partial charge in [-0.1, -0.05) is 24.3 Å². The Labute approximate surface area is 125 Å². The minimum Gasteiger partial charge on any atom is -0.478 e. The topological polar surface area (TPSA) is 83.1 Å². The van der Waals surface area contributed by atoms with Gasteiger partial charge in [-0.25, -0.2) is 4.79 Å². The van der Waals surface area contributed by atoms with Gasteiger partial charge in [0.2, 0.25) is 0 Å². The monoisotopic (exact) mass is 292 g/mol. The molecule has 0 saturated carbocycles. The number of aromatic nitrogens is 2. The zero-order valence-electron chi connectivity index (χ0n) is 11.5. The molecule has 22 heavy (non-hydrogen) atoms. The quantitative estimate of drug-likeness (QED) is 0.723. The molecule has 0 spiro atoms. The molecule has 1 heterocycles. The third-order valence-electron chi connectivity index (χ3n) is 3.34. The van der Waals surface area contributed by atoms with Crippen LogP contribution in [0.4, 0.5) is 0 Å². The highest BCUT2D eigenvalue weighted by Crippen LogP contribution is 2.19. The summed E-state index contributed by atoms with van der Waals surface area (Å²) in [5.74, 6) is -0.945. The molecule has 3 rings (SSSR count). The van der Waals surface area contributed by atoms with Crippen LogP contribution in [-0.2, 0) is 0 Å². The molecule has 0 aliphatic rings. The lowest BCUT2D eigenvalue weighted by Gasteiger charge is -1.96. The van der Waals surface area contributed by atoms with E-state index in [1.54, 1.807) is 36.4 Å². The van der Waals surface area contributed by atoms with Crippen molar-refractivity contribution in [1.29, 1.82) is 0 Å². The molecule has 2 N–H and O–H groups in total. The Balaban J connectivity index is 1.89. The molecule has 0 amide bonds. The van der Waals surface area contributed by atoms with Crippen molar-refractivity contribution in [3.05, 3.63) is 64.8 Å². The number of carboxylic acids is 1. The van der Waals surface area contributed by atoms with Gasteiger partial charge in [0.15, 0.2) is 0 Å². The van der Waals surface area contributed by atoms with Crippen LogP contribution in [0.3, 0.4) is 0 Å². The molecule has 0 saturated heterocycles. The van der Waals surface area contributed by atoms with Gasteiger partial charge in [-0.15, -0.1) is 0 Å². The van der Waals surface area contributed by atoms with Crippen molar-refractivity contribution in [2.45, 2.75) is 0 Å². The highest BCUT2D eigenvalue weighted by Gasteiger charge is 2.04. The van der Waals surface area contributed by atoms with E-state index in [0.717, 1.165) is 28.4 Å². The fourth-order valence-corrected chi connectivity index (χ4v) is 2.17. The number of hydrogen-bond donors (Lipinski definition) is 2. The first kappa shape index (κ1) is 13.8. The van der Waals surface area contributed by atoms with E-state index in [1.807, 2.05) is 18.2 Å². The highest BCUT2D eigenvalue weighted by molar-refractivity contribution is 5.93. The molecule has 0 fully saturated rings.